The standard InChI is InChI=1S/C11H11FO4/c12-8-5-6(13)1-2-7(8)11(3-4-11)9(14)10(15)16/h1-2,5,9,13-14H,3-4H2,(H,15,16). The Hall–Kier alpha value is -1.62. The van der Waals surface area contributed by atoms with Gasteiger partial charge in [0.2, 0.25) is 0 Å². The van der Waals surface area contributed by atoms with Crippen LogP contribution in [0.15, 0.2) is 18.2 Å². The molecule has 16 heavy (non-hydrogen) atoms. The molecule has 0 heterocycles. The molecule has 1 aliphatic carbocycles. The lowest BCUT2D eigenvalue weighted by Crippen LogP contribution is -2.34. The maximum Gasteiger partial charge on any atom is 0.333 e. The first-order valence-corrected chi connectivity index (χ1v) is 4.87. The Morgan fingerprint density at radius 1 is 1.44 bits per heavy atom. The van der Waals surface area contributed by atoms with Crippen molar-refractivity contribution >= 4 is 5.97 Å². The molecule has 1 saturated carbocycles. The Balaban J connectivity index is 2.40. The molecule has 1 atom stereocenters. The number of hydrogen-bond acceptors (Lipinski definition) is 3. The Morgan fingerprint density at radius 3 is 2.50 bits per heavy atom. The van der Waals surface area contributed by atoms with Gasteiger partial charge in [0.25, 0.3) is 0 Å². The van der Waals surface area contributed by atoms with Gasteiger partial charge in [0.15, 0.2) is 6.10 Å². The van der Waals surface area contributed by atoms with Crippen LogP contribution in [0.4, 0.5) is 4.39 Å². The molecule has 1 aromatic rings. The van der Waals surface area contributed by atoms with Gasteiger partial charge in [0, 0.05) is 11.5 Å². The Morgan fingerprint density at radius 2 is 2.06 bits per heavy atom. The number of phenols is 1. The second-order valence-electron chi connectivity index (χ2n) is 4.06. The van der Waals surface area contributed by atoms with E-state index < -0.39 is 23.3 Å². The highest BCUT2D eigenvalue weighted by molar-refractivity contribution is 5.75. The molecule has 1 aromatic carbocycles. The van der Waals surface area contributed by atoms with Gasteiger partial charge in [0.05, 0.1) is 0 Å². The summed E-state index contributed by atoms with van der Waals surface area (Å²) in [6.07, 6.45) is -0.740. The van der Waals surface area contributed by atoms with E-state index >= 15 is 0 Å². The SMILES string of the molecule is O=C(O)C(O)C1(c2ccc(O)cc2F)CC1. The van der Waals surface area contributed by atoms with Gasteiger partial charge in [-0.15, -0.1) is 0 Å². The number of phenolic OH excluding ortho intramolecular Hbond substituents is 1. The van der Waals surface area contributed by atoms with Crippen molar-refractivity contribution in [3.05, 3.63) is 29.6 Å². The summed E-state index contributed by atoms with van der Waals surface area (Å²) < 4.78 is 13.5. The molecule has 2 rings (SSSR count). The van der Waals surface area contributed by atoms with Crippen LogP contribution in [0.25, 0.3) is 0 Å². The number of hydrogen-bond donors (Lipinski definition) is 3. The zero-order chi connectivity index (χ0) is 11.9. The zero-order valence-electron chi connectivity index (χ0n) is 8.35. The summed E-state index contributed by atoms with van der Waals surface area (Å²) in [4.78, 5) is 10.7. The monoisotopic (exact) mass is 226 g/mol. The predicted molar refractivity (Wildman–Crippen MR) is 52.6 cm³/mol. The van der Waals surface area contributed by atoms with Crippen molar-refractivity contribution in [2.75, 3.05) is 0 Å². The van der Waals surface area contributed by atoms with Crippen LogP contribution in [-0.4, -0.2) is 27.4 Å². The number of aliphatic hydroxyl groups is 1. The van der Waals surface area contributed by atoms with E-state index in [0.717, 1.165) is 6.07 Å². The van der Waals surface area contributed by atoms with E-state index in [1.54, 1.807) is 0 Å². The van der Waals surface area contributed by atoms with Crippen LogP contribution in [0.5, 0.6) is 5.75 Å². The molecule has 1 fully saturated rings. The molecule has 0 saturated heterocycles. The lowest BCUT2D eigenvalue weighted by molar-refractivity contribution is -0.148. The van der Waals surface area contributed by atoms with Crippen LogP contribution in [0.1, 0.15) is 18.4 Å². The minimum atomic E-state index is -1.61. The number of carboxylic acids is 1. The molecule has 0 bridgehead atoms. The van der Waals surface area contributed by atoms with E-state index in [0.29, 0.717) is 12.8 Å². The van der Waals surface area contributed by atoms with Gasteiger partial charge in [-0.1, -0.05) is 6.07 Å². The number of carboxylic acid groups (broad SMARTS) is 1. The van der Waals surface area contributed by atoms with Crippen molar-refractivity contribution in [2.45, 2.75) is 24.4 Å². The average Bonchev–Trinajstić information content (AvgIpc) is 2.97. The zero-order valence-corrected chi connectivity index (χ0v) is 8.35. The second-order valence-corrected chi connectivity index (χ2v) is 4.06. The summed E-state index contributed by atoms with van der Waals surface area (Å²) in [5, 5.41) is 27.3. The minimum absolute atomic E-state index is 0.153. The summed E-state index contributed by atoms with van der Waals surface area (Å²) in [6.45, 7) is 0. The van der Waals surface area contributed by atoms with Crippen LogP contribution < -0.4 is 0 Å². The molecule has 1 unspecified atom stereocenters. The predicted octanol–water partition coefficient (Wildman–Crippen LogP) is 1.01. The number of rotatable bonds is 3. The molecule has 0 amide bonds. The third-order valence-electron chi connectivity index (χ3n) is 3.04. The van der Waals surface area contributed by atoms with Crippen LogP contribution in [0.3, 0.4) is 0 Å². The first-order valence-electron chi connectivity index (χ1n) is 4.87. The molecular weight excluding hydrogens is 215 g/mol. The number of aromatic hydroxyl groups is 1. The fourth-order valence-electron chi connectivity index (χ4n) is 1.97. The van der Waals surface area contributed by atoms with Crippen molar-refractivity contribution in [1.29, 1.82) is 0 Å². The first kappa shape index (κ1) is 10.9. The third kappa shape index (κ3) is 1.53. The van der Waals surface area contributed by atoms with E-state index in [1.165, 1.54) is 12.1 Å². The fraction of sp³-hybridized carbons (Fsp3) is 0.364. The van der Waals surface area contributed by atoms with Crippen molar-refractivity contribution in [2.24, 2.45) is 0 Å². The van der Waals surface area contributed by atoms with Gasteiger partial charge in [-0.3, -0.25) is 0 Å². The summed E-state index contributed by atoms with van der Waals surface area (Å²) in [6, 6.07) is 3.53. The molecule has 4 nitrogen and oxygen atoms in total. The maximum absolute atomic E-state index is 13.5. The molecule has 3 N–H and O–H groups in total. The second kappa shape index (κ2) is 3.45. The normalized spacial score (nSPS) is 19.1. The van der Waals surface area contributed by atoms with E-state index in [9.17, 15) is 14.3 Å². The molecule has 86 valence electrons. The Kier molecular flexibility index (Phi) is 2.35. The molecular formula is C11H11FO4. The lowest BCUT2D eigenvalue weighted by atomic mass is 9.89. The maximum atomic E-state index is 13.5. The number of aliphatic hydroxyl groups excluding tert-OH is 1. The fourth-order valence-corrected chi connectivity index (χ4v) is 1.97. The molecule has 5 heteroatoms. The number of carbonyl (C=O) groups is 1. The minimum Gasteiger partial charge on any atom is -0.508 e. The Labute approximate surface area is 91.0 Å². The van der Waals surface area contributed by atoms with Crippen molar-refractivity contribution in [3.63, 3.8) is 0 Å². The number of benzene rings is 1. The van der Waals surface area contributed by atoms with Gasteiger partial charge in [-0.25, -0.2) is 9.18 Å². The van der Waals surface area contributed by atoms with Gasteiger partial charge in [-0.05, 0) is 24.5 Å². The molecule has 0 aliphatic heterocycles. The summed E-state index contributed by atoms with van der Waals surface area (Å²) in [7, 11) is 0. The molecule has 0 aromatic heterocycles. The highest BCUT2D eigenvalue weighted by Gasteiger charge is 2.54. The quantitative estimate of drug-likeness (QED) is 0.718. The van der Waals surface area contributed by atoms with Crippen LogP contribution in [-0.2, 0) is 10.2 Å². The first-order chi connectivity index (χ1) is 7.47. The molecule has 1 aliphatic rings. The van der Waals surface area contributed by atoms with Crippen LogP contribution in [0, 0.1) is 5.82 Å². The topological polar surface area (TPSA) is 77.8 Å². The smallest absolute Gasteiger partial charge is 0.333 e. The van der Waals surface area contributed by atoms with Gasteiger partial charge in [0.1, 0.15) is 11.6 Å². The Bertz CT molecular complexity index is 440. The molecule has 0 spiro atoms. The van der Waals surface area contributed by atoms with Gasteiger partial charge >= 0.3 is 5.97 Å². The van der Waals surface area contributed by atoms with E-state index in [2.05, 4.69) is 0 Å². The lowest BCUT2D eigenvalue weighted by Gasteiger charge is -2.19. The van der Waals surface area contributed by atoms with Crippen LogP contribution in [0.2, 0.25) is 0 Å². The summed E-state index contributed by atoms with van der Waals surface area (Å²) >= 11 is 0. The van der Waals surface area contributed by atoms with Gasteiger partial charge < -0.3 is 15.3 Å². The average molecular weight is 226 g/mol. The highest BCUT2D eigenvalue weighted by atomic mass is 19.1. The van der Waals surface area contributed by atoms with Crippen LogP contribution >= 0.6 is 0 Å². The largest absolute Gasteiger partial charge is 0.508 e. The number of aliphatic carboxylic acids is 1. The summed E-state index contributed by atoms with van der Waals surface area (Å²) in [5.74, 6) is -2.26. The van der Waals surface area contributed by atoms with E-state index in [-0.39, 0.29) is 11.3 Å². The number of halogens is 1. The van der Waals surface area contributed by atoms with Crippen molar-refractivity contribution in [3.8, 4) is 5.75 Å². The van der Waals surface area contributed by atoms with E-state index in [4.69, 9.17) is 10.2 Å². The third-order valence-corrected chi connectivity index (χ3v) is 3.04. The van der Waals surface area contributed by atoms with Crippen molar-refractivity contribution < 1.29 is 24.5 Å². The highest BCUT2D eigenvalue weighted by Crippen LogP contribution is 2.52. The van der Waals surface area contributed by atoms with Gasteiger partial charge in [-0.2, -0.15) is 0 Å². The summed E-state index contributed by atoms with van der Waals surface area (Å²) in [5.41, 5.74) is -0.871. The van der Waals surface area contributed by atoms with E-state index in [1.807, 2.05) is 0 Å². The molecule has 0 radical (unpaired) electrons. The van der Waals surface area contributed by atoms with Crippen molar-refractivity contribution in [1.82, 2.24) is 0 Å².